The lowest BCUT2D eigenvalue weighted by atomic mass is 10.1. The summed E-state index contributed by atoms with van der Waals surface area (Å²) in [6, 6.07) is 15.0. The summed E-state index contributed by atoms with van der Waals surface area (Å²) in [4.78, 5) is 22.2. The minimum absolute atomic E-state index is 0.177. The molecule has 0 spiro atoms. The predicted molar refractivity (Wildman–Crippen MR) is 148 cm³/mol. The molecule has 2 aromatic carbocycles. The van der Waals surface area contributed by atoms with Crippen molar-refractivity contribution >= 4 is 44.2 Å². The van der Waals surface area contributed by atoms with Gasteiger partial charge in [0.1, 0.15) is 11.6 Å². The van der Waals surface area contributed by atoms with Gasteiger partial charge in [0.25, 0.3) is 6.43 Å². The van der Waals surface area contributed by atoms with Gasteiger partial charge in [0.15, 0.2) is 5.65 Å². The van der Waals surface area contributed by atoms with Crippen molar-refractivity contribution in [2.75, 3.05) is 5.32 Å². The average molecular weight is 544 g/mol. The van der Waals surface area contributed by atoms with Gasteiger partial charge in [-0.15, -0.1) is 11.3 Å². The summed E-state index contributed by atoms with van der Waals surface area (Å²) in [5.41, 5.74) is 5.06. The van der Waals surface area contributed by atoms with Crippen LogP contribution in [0.3, 0.4) is 0 Å². The number of amides is 1. The standard InChI is InChI=1S/C28H23F2N7OS/c1-15-4-9-21-23(10-15)39-28(34-21)17-5-7-19(8-6-17)32-24(38)14-37-27-25(16(2)35-37)20(26(29)30)11-22(33-27)18-12-31-36(3)13-18/h4-13,26H,14H2,1-3H3,(H,32,38). The molecule has 0 bridgehead atoms. The molecule has 39 heavy (non-hydrogen) atoms. The highest BCUT2D eigenvalue weighted by Gasteiger charge is 2.22. The monoisotopic (exact) mass is 543 g/mol. The summed E-state index contributed by atoms with van der Waals surface area (Å²) >= 11 is 1.62. The number of carbonyl (C=O) groups excluding carboxylic acids is 1. The van der Waals surface area contributed by atoms with Crippen LogP contribution in [0.4, 0.5) is 14.5 Å². The number of pyridine rings is 1. The van der Waals surface area contributed by atoms with Crippen molar-refractivity contribution in [3.63, 3.8) is 0 Å². The van der Waals surface area contributed by atoms with Gasteiger partial charge in [-0.3, -0.25) is 9.48 Å². The van der Waals surface area contributed by atoms with E-state index >= 15 is 0 Å². The van der Waals surface area contributed by atoms with E-state index in [4.69, 9.17) is 4.98 Å². The average Bonchev–Trinajstić information content (AvgIpc) is 3.61. The molecule has 0 aliphatic carbocycles. The molecule has 11 heteroatoms. The van der Waals surface area contributed by atoms with Crippen LogP contribution in [0.2, 0.25) is 0 Å². The topological polar surface area (TPSA) is 90.5 Å². The summed E-state index contributed by atoms with van der Waals surface area (Å²) in [5.74, 6) is -0.352. The largest absolute Gasteiger partial charge is 0.324 e. The summed E-state index contributed by atoms with van der Waals surface area (Å²) in [5, 5.41) is 12.5. The van der Waals surface area contributed by atoms with Crippen molar-refractivity contribution in [2.24, 2.45) is 7.05 Å². The second kappa shape index (κ2) is 9.66. The first-order valence-electron chi connectivity index (χ1n) is 12.2. The van der Waals surface area contributed by atoms with E-state index in [1.165, 1.54) is 16.3 Å². The number of hydrogen-bond donors (Lipinski definition) is 1. The minimum atomic E-state index is -2.73. The number of thiazole rings is 1. The number of halogens is 2. The molecule has 0 fully saturated rings. The Balaban J connectivity index is 1.25. The highest BCUT2D eigenvalue weighted by Crippen LogP contribution is 2.33. The maximum Gasteiger partial charge on any atom is 0.264 e. The highest BCUT2D eigenvalue weighted by molar-refractivity contribution is 7.21. The fourth-order valence-corrected chi connectivity index (χ4v) is 5.63. The van der Waals surface area contributed by atoms with Crippen molar-refractivity contribution in [1.82, 2.24) is 29.5 Å². The van der Waals surface area contributed by atoms with Crippen LogP contribution in [0.5, 0.6) is 0 Å². The summed E-state index contributed by atoms with van der Waals surface area (Å²) < 4.78 is 32.1. The van der Waals surface area contributed by atoms with E-state index < -0.39 is 6.43 Å². The number of hydrogen-bond acceptors (Lipinski definition) is 6. The normalized spacial score (nSPS) is 11.6. The van der Waals surface area contributed by atoms with Crippen molar-refractivity contribution < 1.29 is 13.6 Å². The molecule has 6 rings (SSSR count). The van der Waals surface area contributed by atoms with Gasteiger partial charge in [0.05, 0.1) is 33.2 Å². The van der Waals surface area contributed by atoms with Gasteiger partial charge in [-0.2, -0.15) is 10.2 Å². The first kappa shape index (κ1) is 24.8. The molecular weight excluding hydrogens is 520 g/mol. The van der Waals surface area contributed by atoms with Gasteiger partial charge in [-0.05, 0) is 61.9 Å². The molecule has 4 heterocycles. The quantitative estimate of drug-likeness (QED) is 0.266. The zero-order valence-corrected chi connectivity index (χ0v) is 22.1. The Morgan fingerprint density at radius 2 is 1.85 bits per heavy atom. The number of carbonyl (C=O) groups is 1. The van der Waals surface area contributed by atoms with E-state index in [-0.39, 0.29) is 29.0 Å². The number of fused-ring (bicyclic) bond motifs is 2. The number of alkyl halides is 2. The van der Waals surface area contributed by atoms with Gasteiger partial charge in [0.2, 0.25) is 5.91 Å². The summed E-state index contributed by atoms with van der Waals surface area (Å²) in [7, 11) is 1.74. The van der Waals surface area contributed by atoms with E-state index in [2.05, 4.69) is 33.5 Å². The Bertz CT molecular complexity index is 1850. The minimum Gasteiger partial charge on any atom is -0.324 e. The van der Waals surface area contributed by atoms with Gasteiger partial charge in [-0.25, -0.2) is 23.4 Å². The Morgan fingerprint density at radius 3 is 2.56 bits per heavy atom. The molecule has 0 atom stereocenters. The predicted octanol–water partition coefficient (Wildman–Crippen LogP) is 6.30. The molecular formula is C28H23F2N7OS. The van der Waals surface area contributed by atoms with Crippen LogP contribution in [0.15, 0.2) is 60.9 Å². The van der Waals surface area contributed by atoms with Crippen LogP contribution >= 0.6 is 11.3 Å². The van der Waals surface area contributed by atoms with Crippen LogP contribution in [0, 0.1) is 13.8 Å². The first-order valence-corrected chi connectivity index (χ1v) is 13.0. The SMILES string of the molecule is Cc1ccc2nc(-c3ccc(NC(=O)Cn4nc(C)c5c(C(F)F)cc(-c6cnn(C)c6)nc54)cc3)sc2c1. The third kappa shape index (κ3) is 4.76. The Morgan fingerprint density at radius 1 is 1.05 bits per heavy atom. The zero-order chi connectivity index (χ0) is 27.3. The third-order valence-corrected chi connectivity index (χ3v) is 7.46. The molecule has 0 radical (unpaired) electrons. The molecule has 0 unspecified atom stereocenters. The highest BCUT2D eigenvalue weighted by atomic mass is 32.1. The fraction of sp³-hybridized carbons (Fsp3) is 0.179. The van der Waals surface area contributed by atoms with Gasteiger partial charge < -0.3 is 5.32 Å². The second-order valence-corrected chi connectivity index (χ2v) is 10.4. The van der Waals surface area contributed by atoms with Crippen molar-refractivity contribution in [3.8, 4) is 21.8 Å². The lowest BCUT2D eigenvalue weighted by Gasteiger charge is -2.09. The van der Waals surface area contributed by atoms with E-state index in [0.717, 1.165) is 20.8 Å². The number of nitrogens with one attached hydrogen (secondary N) is 1. The molecule has 0 saturated carbocycles. The number of aromatic nitrogens is 6. The molecule has 196 valence electrons. The maximum absolute atomic E-state index is 14.0. The molecule has 6 aromatic rings. The van der Waals surface area contributed by atoms with E-state index in [1.54, 1.807) is 42.4 Å². The van der Waals surface area contributed by atoms with E-state index in [0.29, 0.717) is 22.6 Å². The molecule has 0 aliphatic rings. The van der Waals surface area contributed by atoms with E-state index in [9.17, 15) is 13.6 Å². The Kier molecular flexibility index (Phi) is 6.15. The summed E-state index contributed by atoms with van der Waals surface area (Å²) in [6.07, 6.45) is 0.528. The van der Waals surface area contributed by atoms with Crippen LogP contribution in [0.25, 0.3) is 43.1 Å². The van der Waals surface area contributed by atoms with E-state index in [1.807, 2.05) is 36.4 Å². The summed E-state index contributed by atoms with van der Waals surface area (Å²) in [6.45, 7) is 3.50. The van der Waals surface area contributed by atoms with Crippen molar-refractivity contribution in [3.05, 3.63) is 77.7 Å². The van der Waals surface area contributed by atoms with Gasteiger partial charge in [0, 0.05) is 35.6 Å². The van der Waals surface area contributed by atoms with Gasteiger partial charge in [-0.1, -0.05) is 6.07 Å². The fourth-order valence-electron chi connectivity index (χ4n) is 4.56. The molecule has 0 aliphatic heterocycles. The van der Waals surface area contributed by atoms with Gasteiger partial charge >= 0.3 is 0 Å². The van der Waals surface area contributed by atoms with Crippen LogP contribution in [-0.4, -0.2) is 35.4 Å². The molecule has 1 amide bonds. The third-order valence-electron chi connectivity index (χ3n) is 6.40. The number of aryl methyl sites for hydroxylation is 3. The van der Waals surface area contributed by atoms with Crippen molar-refractivity contribution in [2.45, 2.75) is 26.8 Å². The lowest BCUT2D eigenvalue weighted by molar-refractivity contribution is -0.116. The Hall–Kier alpha value is -4.51. The maximum atomic E-state index is 14.0. The lowest BCUT2D eigenvalue weighted by Crippen LogP contribution is -2.19. The second-order valence-electron chi connectivity index (χ2n) is 9.36. The van der Waals surface area contributed by atoms with Crippen molar-refractivity contribution in [1.29, 1.82) is 0 Å². The smallest absolute Gasteiger partial charge is 0.264 e. The molecule has 1 N–H and O–H groups in total. The molecule has 8 nitrogen and oxygen atoms in total. The van der Waals surface area contributed by atoms with Crippen LogP contribution in [-0.2, 0) is 18.4 Å². The van der Waals surface area contributed by atoms with Crippen LogP contribution in [0.1, 0.15) is 23.2 Å². The zero-order valence-electron chi connectivity index (χ0n) is 21.3. The number of benzene rings is 2. The first-order chi connectivity index (χ1) is 18.7. The molecule has 0 saturated heterocycles. The number of anilines is 1. The number of rotatable bonds is 6. The number of nitrogens with zero attached hydrogens (tertiary/aromatic N) is 6. The van der Waals surface area contributed by atoms with Crippen LogP contribution < -0.4 is 5.32 Å². The Labute approximate surface area is 225 Å². The molecule has 4 aromatic heterocycles.